The van der Waals surface area contributed by atoms with Crippen LogP contribution in [0.25, 0.3) is 0 Å². The molecule has 6 bridgehead atoms. The van der Waals surface area contributed by atoms with Gasteiger partial charge in [-0.1, -0.05) is 11.6 Å². The minimum Gasteiger partial charge on any atom is -0.483 e. The zero-order valence-corrected chi connectivity index (χ0v) is 28.7. The molecule has 0 spiro atoms. The van der Waals surface area contributed by atoms with E-state index in [9.17, 15) is 35.9 Å². The number of alkyl halides is 6. The summed E-state index contributed by atoms with van der Waals surface area (Å²) in [6, 6.07) is 7.71. The molecule has 6 rings (SSSR count). The Morgan fingerprint density at radius 3 is 2.15 bits per heavy atom. The van der Waals surface area contributed by atoms with Crippen molar-refractivity contribution >= 4 is 58.5 Å². The number of ether oxygens (including phenoxy) is 2. The predicted molar refractivity (Wildman–Crippen MR) is 177 cm³/mol. The summed E-state index contributed by atoms with van der Waals surface area (Å²) < 4.78 is 75.1. The molecule has 5 heterocycles. The van der Waals surface area contributed by atoms with E-state index < -0.39 is 24.3 Å². The molecule has 2 amide bonds. The molecule has 3 aliphatic rings. The van der Waals surface area contributed by atoms with Gasteiger partial charge in [0.25, 0.3) is 11.8 Å². The van der Waals surface area contributed by atoms with Gasteiger partial charge < -0.3 is 40.1 Å². The van der Waals surface area contributed by atoms with Gasteiger partial charge in [-0.15, -0.1) is 0 Å². The number of nitrogens with zero attached hydrogens (tertiary/aromatic N) is 5. The van der Waals surface area contributed by atoms with Crippen molar-refractivity contribution in [3.05, 3.63) is 59.0 Å². The molecule has 3 aromatic rings. The van der Waals surface area contributed by atoms with Crippen LogP contribution in [0.5, 0.6) is 5.75 Å². The number of carboxylic acids is 2. The van der Waals surface area contributed by atoms with Gasteiger partial charge in [-0.3, -0.25) is 14.6 Å². The van der Waals surface area contributed by atoms with E-state index in [1.165, 1.54) is 0 Å². The third kappa shape index (κ3) is 12.0. The predicted octanol–water partition coefficient (Wildman–Crippen LogP) is 4.61. The van der Waals surface area contributed by atoms with Crippen LogP contribution in [0.2, 0.25) is 5.02 Å². The largest absolute Gasteiger partial charge is 0.490 e. The third-order valence-electron chi connectivity index (χ3n) is 7.79. The summed E-state index contributed by atoms with van der Waals surface area (Å²) >= 11 is 6.36. The molecule has 15 nitrogen and oxygen atoms in total. The second kappa shape index (κ2) is 18.1. The normalized spacial score (nSPS) is 16.6. The second-order valence-corrected chi connectivity index (χ2v) is 12.1. The number of fused-ring (bicyclic) bond motifs is 6. The van der Waals surface area contributed by atoms with Crippen molar-refractivity contribution in [1.29, 1.82) is 0 Å². The molecule has 22 heteroatoms. The number of carbonyl (C=O) groups excluding carboxylic acids is 2. The van der Waals surface area contributed by atoms with E-state index in [0.29, 0.717) is 61.7 Å². The fourth-order valence-electron chi connectivity index (χ4n) is 5.13. The maximum atomic E-state index is 13.0. The Hall–Kier alpha value is -5.44. The van der Waals surface area contributed by atoms with Gasteiger partial charge in [-0.05, 0) is 61.1 Å². The highest BCUT2D eigenvalue weighted by Gasteiger charge is 2.39. The number of nitrogens with one attached hydrogen (secondary N) is 2. The zero-order valence-electron chi connectivity index (χ0n) is 27.9. The van der Waals surface area contributed by atoms with Gasteiger partial charge in [0.1, 0.15) is 16.9 Å². The van der Waals surface area contributed by atoms with Gasteiger partial charge in [0.05, 0.1) is 18.1 Å². The molecular formula is C32H32ClF6N7O8. The number of aromatic nitrogens is 3. The molecule has 0 saturated carbocycles. The number of halogens is 7. The van der Waals surface area contributed by atoms with Crippen molar-refractivity contribution in [3.63, 3.8) is 0 Å². The number of piperazine rings is 1. The summed E-state index contributed by atoms with van der Waals surface area (Å²) in [5, 5.41) is 21.1. The Labute approximate surface area is 307 Å². The van der Waals surface area contributed by atoms with Crippen LogP contribution in [-0.2, 0) is 36.8 Å². The number of carboxylic acid groups (broad SMARTS) is 2. The summed E-state index contributed by atoms with van der Waals surface area (Å²) in [6.45, 7) is 2.53. The number of benzene rings is 1. The fraction of sp³-hybridized carbons (Fsp3) is 0.406. The van der Waals surface area contributed by atoms with E-state index in [1.54, 1.807) is 22.2 Å². The summed E-state index contributed by atoms with van der Waals surface area (Å²) in [6.07, 6.45) is -2.34. The molecule has 4 N–H and O–H groups in total. The van der Waals surface area contributed by atoms with E-state index in [2.05, 4.69) is 25.6 Å². The smallest absolute Gasteiger partial charge is 0.483 e. The lowest BCUT2D eigenvalue weighted by Crippen LogP contribution is -2.53. The van der Waals surface area contributed by atoms with Crippen molar-refractivity contribution < 1.29 is 65.2 Å². The number of carbonyl (C=O) groups is 4. The summed E-state index contributed by atoms with van der Waals surface area (Å²) in [5.41, 5.74) is 3.54. The zero-order chi connectivity index (χ0) is 39.6. The second-order valence-electron chi connectivity index (χ2n) is 11.6. The Kier molecular flexibility index (Phi) is 13.8. The number of rotatable bonds is 4. The van der Waals surface area contributed by atoms with Crippen LogP contribution in [0, 0.1) is 0 Å². The molecule has 292 valence electrons. The van der Waals surface area contributed by atoms with Crippen molar-refractivity contribution in [1.82, 2.24) is 24.8 Å². The van der Waals surface area contributed by atoms with Crippen LogP contribution >= 0.6 is 11.6 Å². The summed E-state index contributed by atoms with van der Waals surface area (Å²) in [5.74, 6) is -4.08. The Morgan fingerprint density at radius 2 is 1.54 bits per heavy atom. The van der Waals surface area contributed by atoms with Crippen LogP contribution < -0.4 is 15.4 Å². The first kappa shape index (κ1) is 41.3. The molecule has 54 heavy (non-hydrogen) atoms. The monoisotopic (exact) mass is 791 g/mol. The lowest BCUT2D eigenvalue weighted by Gasteiger charge is -2.35. The van der Waals surface area contributed by atoms with E-state index in [1.807, 2.05) is 30.5 Å². The van der Waals surface area contributed by atoms with Gasteiger partial charge in [0.2, 0.25) is 5.95 Å². The Balaban J connectivity index is 0.000000396. The van der Waals surface area contributed by atoms with Crippen LogP contribution in [0.4, 0.5) is 49.5 Å². The quantitative estimate of drug-likeness (QED) is 0.268. The van der Waals surface area contributed by atoms with Gasteiger partial charge in [0.15, 0.2) is 12.4 Å². The highest BCUT2D eigenvalue weighted by atomic mass is 35.5. The highest BCUT2D eigenvalue weighted by Crippen LogP contribution is 2.30. The van der Waals surface area contributed by atoms with Crippen molar-refractivity contribution in [3.8, 4) is 5.75 Å². The number of pyridine rings is 1. The van der Waals surface area contributed by atoms with Crippen molar-refractivity contribution in [2.24, 2.45) is 0 Å². The lowest BCUT2D eigenvalue weighted by atomic mass is 10.0. The number of aryl methyl sites for hydroxylation is 2. The minimum absolute atomic E-state index is 0.0329. The van der Waals surface area contributed by atoms with E-state index in [4.69, 9.17) is 40.9 Å². The summed E-state index contributed by atoms with van der Waals surface area (Å²) in [4.78, 5) is 60.1. The topological polar surface area (TPSA) is 196 Å². The maximum absolute atomic E-state index is 13.0. The first-order chi connectivity index (χ1) is 25.4. The number of anilines is 4. The van der Waals surface area contributed by atoms with Gasteiger partial charge >= 0.3 is 24.3 Å². The first-order valence-electron chi connectivity index (χ1n) is 16.0. The number of hydrogen-bond acceptors (Lipinski definition) is 11. The standard InChI is InChI=1S/C28H30ClN7O4.2C2HF3O2/c29-22-16-31-28-33-21-12-18(14-30-15-21)3-4-19-13-20(32-26(22)34-28)5-6-23(19)40-17-25(37)35-7-9-36(10-8-35)27(38)24-2-1-11-39-24;2*3-2(4,5)1(6)7/h5-6,12-16,24H,1-4,7-11,17H2,(H2,31,32,33,34);2*(H,6,7). The average molecular weight is 792 g/mol. The Bertz CT molecular complexity index is 1800. The fourth-order valence-corrected chi connectivity index (χ4v) is 5.27. The van der Waals surface area contributed by atoms with Crippen LogP contribution in [-0.4, -0.2) is 117 Å². The van der Waals surface area contributed by atoms with Crippen LogP contribution in [0.15, 0.2) is 42.9 Å². The molecule has 0 radical (unpaired) electrons. The number of hydrogen-bond donors (Lipinski definition) is 4. The molecule has 3 aliphatic heterocycles. The van der Waals surface area contributed by atoms with Gasteiger partial charge in [-0.25, -0.2) is 14.6 Å². The average Bonchev–Trinajstić information content (AvgIpc) is 3.66. The third-order valence-corrected chi connectivity index (χ3v) is 8.06. The molecule has 1 atom stereocenters. The SMILES string of the molecule is O=C(COc1ccc2cc1CCc1cncc(c1)Nc1ncc(Cl)c(n1)N2)N1CCN(C(=O)C2CCCO2)CC1.O=C(O)C(F)(F)F.O=C(O)C(F)(F)F. The van der Waals surface area contributed by atoms with Gasteiger partial charge in [-0.2, -0.15) is 31.3 Å². The molecule has 2 saturated heterocycles. The highest BCUT2D eigenvalue weighted by molar-refractivity contribution is 6.32. The van der Waals surface area contributed by atoms with E-state index in [-0.39, 0.29) is 24.5 Å². The molecular weight excluding hydrogens is 760 g/mol. The molecule has 2 aromatic heterocycles. The lowest BCUT2D eigenvalue weighted by molar-refractivity contribution is -0.193. The molecule has 0 aliphatic carbocycles. The first-order valence-corrected chi connectivity index (χ1v) is 16.3. The number of amides is 2. The maximum Gasteiger partial charge on any atom is 0.490 e. The van der Waals surface area contributed by atoms with E-state index in [0.717, 1.165) is 41.8 Å². The van der Waals surface area contributed by atoms with Gasteiger partial charge in [0, 0.05) is 44.7 Å². The van der Waals surface area contributed by atoms with Crippen LogP contribution in [0.3, 0.4) is 0 Å². The van der Waals surface area contributed by atoms with Crippen LogP contribution in [0.1, 0.15) is 24.0 Å². The number of aliphatic carboxylic acids is 2. The molecule has 1 unspecified atom stereocenters. The summed E-state index contributed by atoms with van der Waals surface area (Å²) in [7, 11) is 0. The van der Waals surface area contributed by atoms with Crippen molar-refractivity contribution in [2.45, 2.75) is 44.1 Å². The molecule has 2 fully saturated rings. The van der Waals surface area contributed by atoms with E-state index >= 15 is 0 Å². The van der Waals surface area contributed by atoms with Crippen molar-refractivity contribution in [2.75, 3.05) is 50.0 Å². The Morgan fingerprint density at radius 1 is 0.889 bits per heavy atom. The molecule has 1 aromatic carbocycles. The minimum atomic E-state index is -5.08.